The number of thioether (sulfide) groups is 1. The Balaban J connectivity index is 2.30. The lowest BCUT2D eigenvalue weighted by Crippen LogP contribution is -2.22. The molecule has 66 valence electrons. The van der Waals surface area contributed by atoms with Crippen molar-refractivity contribution in [3.63, 3.8) is 0 Å². The van der Waals surface area contributed by atoms with Gasteiger partial charge in [-0.3, -0.25) is 0 Å². The summed E-state index contributed by atoms with van der Waals surface area (Å²) in [5.74, 6) is 4.00. The van der Waals surface area contributed by atoms with Crippen LogP contribution in [-0.4, -0.2) is 23.2 Å². The molecule has 1 aliphatic heterocycles. The van der Waals surface area contributed by atoms with Gasteiger partial charge in [0.1, 0.15) is 0 Å². The van der Waals surface area contributed by atoms with Gasteiger partial charge in [-0.1, -0.05) is 13.3 Å². The van der Waals surface area contributed by atoms with Crippen LogP contribution in [0.4, 0.5) is 0 Å². The largest absolute Gasteiger partial charge is 0.396 e. The van der Waals surface area contributed by atoms with Crippen LogP contribution in [0, 0.1) is 11.8 Å². The fraction of sp³-hybridized carbons (Fsp3) is 1.00. The number of aliphatic hydroxyl groups excluding tert-OH is 1. The Morgan fingerprint density at radius 1 is 1.45 bits per heavy atom. The Morgan fingerprint density at radius 3 is 2.55 bits per heavy atom. The van der Waals surface area contributed by atoms with Crippen molar-refractivity contribution in [2.24, 2.45) is 11.8 Å². The Morgan fingerprint density at radius 2 is 2.09 bits per heavy atom. The summed E-state index contributed by atoms with van der Waals surface area (Å²) in [5, 5.41) is 9.07. The zero-order valence-corrected chi connectivity index (χ0v) is 8.07. The molecule has 0 aromatic carbocycles. The summed E-state index contributed by atoms with van der Waals surface area (Å²) in [4.78, 5) is 0. The first kappa shape index (κ1) is 9.40. The van der Waals surface area contributed by atoms with E-state index in [4.69, 9.17) is 5.11 Å². The molecule has 1 heterocycles. The first-order chi connectivity index (χ1) is 5.38. The molecule has 0 spiro atoms. The summed E-state index contributed by atoms with van der Waals surface area (Å²) in [5.41, 5.74) is 0. The highest BCUT2D eigenvalue weighted by molar-refractivity contribution is 7.99. The van der Waals surface area contributed by atoms with Crippen LogP contribution in [-0.2, 0) is 0 Å². The van der Waals surface area contributed by atoms with E-state index in [2.05, 4.69) is 18.7 Å². The van der Waals surface area contributed by atoms with Gasteiger partial charge in [-0.05, 0) is 36.2 Å². The zero-order valence-electron chi connectivity index (χ0n) is 7.25. The van der Waals surface area contributed by atoms with Crippen LogP contribution in [0.3, 0.4) is 0 Å². The molecule has 0 aliphatic carbocycles. The molecule has 1 rings (SSSR count). The van der Waals surface area contributed by atoms with E-state index in [9.17, 15) is 0 Å². The Labute approximate surface area is 73.6 Å². The Hall–Kier alpha value is 0.310. The second-order valence-corrected chi connectivity index (χ2v) is 4.53. The fourth-order valence-electron chi connectivity index (χ4n) is 1.80. The molecule has 0 radical (unpaired) electrons. The van der Waals surface area contributed by atoms with Crippen LogP contribution in [0.1, 0.15) is 26.2 Å². The van der Waals surface area contributed by atoms with E-state index in [0.717, 1.165) is 12.3 Å². The highest BCUT2D eigenvalue weighted by Crippen LogP contribution is 2.30. The first-order valence-corrected chi connectivity index (χ1v) is 5.72. The molecule has 1 unspecified atom stereocenters. The van der Waals surface area contributed by atoms with Crippen LogP contribution in [0.15, 0.2) is 0 Å². The standard InChI is InChI=1S/C9H18OS/c1-2-8(7-10)9-3-5-11-6-4-9/h8-10H,2-7H2,1H3. The molecule has 1 nitrogen and oxygen atoms in total. The molecule has 0 saturated carbocycles. The van der Waals surface area contributed by atoms with Crippen LogP contribution < -0.4 is 0 Å². The van der Waals surface area contributed by atoms with E-state index in [0.29, 0.717) is 12.5 Å². The second kappa shape index (κ2) is 5.04. The van der Waals surface area contributed by atoms with Crippen molar-refractivity contribution in [1.29, 1.82) is 0 Å². The van der Waals surface area contributed by atoms with E-state index in [1.54, 1.807) is 0 Å². The maximum Gasteiger partial charge on any atom is 0.0461 e. The average Bonchev–Trinajstić information content (AvgIpc) is 2.09. The lowest BCUT2D eigenvalue weighted by molar-refractivity contribution is 0.164. The third-order valence-corrected chi connectivity index (χ3v) is 3.74. The van der Waals surface area contributed by atoms with Crippen LogP contribution in [0.25, 0.3) is 0 Å². The minimum absolute atomic E-state index is 0.395. The molecule has 2 heteroatoms. The second-order valence-electron chi connectivity index (χ2n) is 3.30. The summed E-state index contributed by atoms with van der Waals surface area (Å²) in [6.45, 7) is 2.58. The van der Waals surface area contributed by atoms with Crippen molar-refractivity contribution >= 4 is 11.8 Å². The van der Waals surface area contributed by atoms with Crippen molar-refractivity contribution in [2.75, 3.05) is 18.1 Å². The molecule has 1 atom stereocenters. The molecule has 0 amide bonds. The molecule has 1 saturated heterocycles. The predicted octanol–water partition coefficient (Wildman–Crippen LogP) is 2.15. The van der Waals surface area contributed by atoms with E-state index in [1.165, 1.54) is 24.3 Å². The van der Waals surface area contributed by atoms with Gasteiger partial charge in [0.2, 0.25) is 0 Å². The van der Waals surface area contributed by atoms with Gasteiger partial charge in [-0.15, -0.1) is 0 Å². The fourth-order valence-corrected chi connectivity index (χ4v) is 2.94. The Kier molecular flexibility index (Phi) is 4.31. The summed E-state index contributed by atoms with van der Waals surface area (Å²) in [6.07, 6.45) is 3.79. The average molecular weight is 174 g/mol. The molecule has 0 aromatic heterocycles. The third-order valence-electron chi connectivity index (χ3n) is 2.69. The number of hydrogen-bond acceptors (Lipinski definition) is 2. The molecule has 1 fully saturated rings. The molecule has 1 N–H and O–H groups in total. The topological polar surface area (TPSA) is 20.2 Å². The van der Waals surface area contributed by atoms with Crippen molar-refractivity contribution in [3.05, 3.63) is 0 Å². The minimum atomic E-state index is 0.395. The number of hydrogen-bond donors (Lipinski definition) is 1. The zero-order chi connectivity index (χ0) is 8.10. The molecule has 0 aromatic rings. The molecule has 0 bridgehead atoms. The highest BCUT2D eigenvalue weighted by Gasteiger charge is 2.21. The minimum Gasteiger partial charge on any atom is -0.396 e. The van der Waals surface area contributed by atoms with Crippen molar-refractivity contribution in [3.8, 4) is 0 Å². The SMILES string of the molecule is CCC(CO)C1CCSCC1. The summed E-state index contributed by atoms with van der Waals surface area (Å²) in [6, 6.07) is 0. The van der Waals surface area contributed by atoms with Gasteiger partial charge in [-0.25, -0.2) is 0 Å². The van der Waals surface area contributed by atoms with Gasteiger partial charge < -0.3 is 5.11 Å². The van der Waals surface area contributed by atoms with Crippen molar-refractivity contribution < 1.29 is 5.11 Å². The molecular formula is C9H18OS. The predicted molar refractivity (Wildman–Crippen MR) is 50.9 cm³/mol. The number of aliphatic hydroxyl groups is 1. The van der Waals surface area contributed by atoms with Gasteiger partial charge in [0.25, 0.3) is 0 Å². The van der Waals surface area contributed by atoms with Gasteiger partial charge >= 0.3 is 0 Å². The normalized spacial score (nSPS) is 23.5. The van der Waals surface area contributed by atoms with E-state index in [-0.39, 0.29) is 0 Å². The van der Waals surface area contributed by atoms with Gasteiger partial charge in [0, 0.05) is 6.61 Å². The molecule has 11 heavy (non-hydrogen) atoms. The lowest BCUT2D eigenvalue weighted by atomic mass is 9.86. The summed E-state index contributed by atoms with van der Waals surface area (Å²) in [7, 11) is 0. The first-order valence-electron chi connectivity index (χ1n) is 4.57. The summed E-state index contributed by atoms with van der Waals surface area (Å²) < 4.78 is 0. The molecule has 1 aliphatic rings. The third kappa shape index (κ3) is 2.68. The molecular weight excluding hydrogens is 156 g/mol. The lowest BCUT2D eigenvalue weighted by Gasteiger charge is -2.27. The van der Waals surface area contributed by atoms with E-state index >= 15 is 0 Å². The maximum absolute atomic E-state index is 9.07. The van der Waals surface area contributed by atoms with Gasteiger partial charge in [-0.2, -0.15) is 11.8 Å². The van der Waals surface area contributed by atoms with Crippen molar-refractivity contribution in [1.82, 2.24) is 0 Å². The van der Waals surface area contributed by atoms with Gasteiger partial charge in [0.05, 0.1) is 0 Å². The van der Waals surface area contributed by atoms with E-state index in [1.807, 2.05) is 0 Å². The summed E-state index contributed by atoms with van der Waals surface area (Å²) >= 11 is 2.06. The van der Waals surface area contributed by atoms with E-state index < -0.39 is 0 Å². The van der Waals surface area contributed by atoms with Crippen molar-refractivity contribution in [2.45, 2.75) is 26.2 Å². The highest BCUT2D eigenvalue weighted by atomic mass is 32.2. The quantitative estimate of drug-likeness (QED) is 0.707. The Bertz CT molecular complexity index is 95.7. The number of rotatable bonds is 3. The van der Waals surface area contributed by atoms with Crippen LogP contribution >= 0.6 is 11.8 Å². The smallest absolute Gasteiger partial charge is 0.0461 e. The van der Waals surface area contributed by atoms with Crippen LogP contribution in [0.2, 0.25) is 0 Å². The maximum atomic E-state index is 9.07. The monoisotopic (exact) mass is 174 g/mol. The van der Waals surface area contributed by atoms with Crippen LogP contribution in [0.5, 0.6) is 0 Å². The van der Waals surface area contributed by atoms with Gasteiger partial charge in [0.15, 0.2) is 0 Å².